The topological polar surface area (TPSA) is 51.1 Å². The van der Waals surface area contributed by atoms with E-state index in [0.29, 0.717) is 6.61 Å². The smallest absolute Gasteiger partial charge is 0.435 e. The number of hydrogen-bond donors (Lipinski definition) is 0. The van der Waals surface area contributed by atoms with Gasteiger partial charge in [0.25, 0.3) is 5.91 Å². The number of ether oxygens (including phenoxy) is 2. The summed E-state index contributed by atoms with van der Waals surface area (Å²) in [5, 5.41) is 4.39. The highest BCUT2D eigenvalue weighted by Gasteiger charge is 2.46. The van der Waals surface area contributed by atoms with Crippen LogP contribution in [-0.4, -0.2) is 31.5 Å². The van der Waals surface area contributed by atoms with Crippen LogP contribution in [-0.2, 0) is 4.79 Å². The van der Waals surface area contributed by atoms with Crippen LogP contribution in [0.15, 0.2) is 53.1 Å². The highest BCUT2D eigenvalue weighted by Crippen LogP contribution is 2.38. The van der Waals surface area contributed by atoms with Crippen molar-refractivity contribution in [2.45, 2.75) is 13.1 Å². The van der Waals surface area contributed by atoms with E-state index in [-0.39, 0.29) is 27.8 Å². The fraction of sp³-hybridized carbons (Fsp3) is 0.200. The highest BCUT2D eigenvalue weighted by atomic mass is 35.5. The molecule has 2 aromatic rings. The van der Waals surface area contributed by atoms with Gasteiger partial charge in [0.05, 0.1) is 30.0 Å². The second-order valence-corrected chi connectivity index (χ2v) is 6.33. The van der Waals surface area contributed by atoms with E-state index in [9.17, 15) is 18.0 Å². The summed E-state index contributed by atoms with van der Waals surface area (Å²) in [5.41, 5.74) is -1.40. The summed E-state index contributed by atoms with van der Waals surface area (Å²) in [7, 11) is 1.40. The largest absolute Gasteiger partial charge is 0.491 e. The van der Waals surface area contributed by atoms with Gasteiger partial charge in [0, 0.05) is 0 Å². The number of amides is 1. The average molecular weight is 425 g/mol. The minimum atomic E-state index is -4.82. The van der Waals surface area contributed by atoms with E-state index in [1.165, 1.54) is 31.4 Å². The van der Waals surface area contributed by atoms with Gasteiger partial charge in [-0.1, -0.05) is 29.8 Å². The molecular weight excluding hydrogens is 409 g/mol. The Morgan fingerprint density at radius 2 is 1.90 bits per heavy atom. The molecule has 0 atom stereocenters. The van der Waals surface area contributed by atoms with Gasteiger partial charge in [0.2, 0.25) is 0 Å². The van der Waals surface area contributed by atoms with Crippen LogP contribution in [0, 0.1) is 0 Å². The average Bonchev–Trinajstić information content (AvgIpc) is 2.99. The van der Waals surface area contributed by atoms with Crippen LogP contribution in [0.3, 0.4) is 0 Å². The van der Waals surface area contributed by atoms with Crippen molar-refractivity contribution in [3.63, 3.8) is 0 Å². The maximum atomic E-state index is 13.6. The van der Waals surface area contributed by atoms with Gasteiger partial charge in [-0.3, -0.25) is 4.79 Å². The van der Waals surface area contributed by atoms with Gasteiger partial charge >= 0.3 is 6.18 Å². The maximum Gasteiger partial charge on any atom is 0.435 e. The first-order valence-corrected chi connectivity index (χ1v) is 8.91. The van der Waals surface area contributed by atoms with Gasteiger partial charge in [-0.2, -0.15) is 23.3 Å². The van der Waals surface area contributed by atoms with Crippen molar-refractivity contribution in [2.75, 3.05) is 18.7 Å². The Labute approximate surface area is 170 Å². The van der Waals surface area contributed by atoms with E-state index < -0.39 is 23.4 Å². The summed E-state index contributed by atoms with van der Waals surface area (Å²) in [6.45, 7) is 2.04. The van der Waals surface area contributed by atoms with Crippen LogP contribution < -0.4 is 14.5 Å². The Kier molecular flexibility index (Phi) is 5.83. The van der Waals surface area contributed by atoms with Crippen LogP contribution >= 0.6 is 11.6 Å². The quantitative estimate of drug-likeness (QED) is 0.628. The first kappa shape index (κ1) is 20.7. The lowest BCUT2D eigenvalue weighted by Crippen LogP contribution is -2.25. The molecule has 0 N–H and O–H groups in total. The lowest BCUT2D eigenvalue weighted by atomic mass is 10.1. The lowest BCUT2D eigenvalue weighted by Gasteiger charge is -2.13. The standard InChI is InChI=1S/C20H16ClF3N2O3/c1-3-29-16-11-12(10-15(21)17(16)28-2)9-14-18(20(22,23)24)25-26(19(14)27)13-7-5-4-6-8-13/h4-11H,3H2,1-2H3/b14-9-. The maximum absolute atomic E-state index is 13.6. The van der Waals surface area contributed by atoms with Crippen LogP contribution in [0.4, 0.5) is 18.9 Å². The molecule has 0 unspecified atom stereocenters. The van der Waals surface area contributed by atoms with E-state index >= 15 is 0 Å². The number of benzene rings is 2. The van der Waals surface area contributed by atoms with E-state index in [1.54, 1.807) is 25.1 Å². The predicted octanol–water partition coefficient (Wildman–Crippen LogP) is 5.10. The van der Waals surface area contributed by atoms with E-state index in [1.807, 2.05) is 0 Å². The van der Waals surface area contributed by atoms with Gasteiger partial charge in [0.1, 0.15) is 0 Å². The van der Waals surface area contributed by atoms with E-state index in [4.69, 9.17) is 21.1 Å². The molecule has 0 saturated carbocycles. The molecular formula is C20H16ClF3N2O3. The van der Waals surface area contributed by atoms with Crippen molar-refractivity contribution in [1.29, 1.82) is 0 Å². The summed E-state index contributed by atoms with van der Waals surface area (Å²) in [5.74, 6) is -0.386. The third-order valence-corrected chi connectivity index (χ3v) is 4.27. The molecule has 1 aliphatic rings. The Morgan fingerprint density at radius 3 is 2.48 bits per heavy atom. The molecule has 0 spiro atoms. The number of nitrogens with zero attached hydrogens (tertiary/aromatic N) is 2. The Bertz CT molecular complexity index is 988. The summed E-state index contributed by atoms with van der Waals surface area (Å²) >= 11 is 6.16. The summed E-state index contributed by atoms with van der Waals surface area (Å²) in [6.07, 6.45) is -3.73. The molecule has 0 radical (unpaired) electrons. The molecule has 0 aliphatic carbocycles. The van der Waals surface area contributed by atoms with Crippen molar-refractivity contribution in [2.24, 2.45) is 5.10 Å². The van der Waals surface area contributed by atoms with Gasteiger partial charge in [0.15, 0.2) is 17.2 Å². The SMILES string of the molecule is CCOc1cc(/C=C2\C(=O)N(c3ccccc3)N=C2C(F)(F)F)cc(Cl)c1OC. The first-order chi connectivity index (χ1) is 13.8. The number of hydrazone groups is 1. The third-order valence-electron chi connectivity index (χ3n) is 3.99. The number of carbonyl (C=O) groups excluding carboxylic acids is 1. The molecule has 0 fully saturated rings. The second-order valence-electron chi connectivity index (χ2n) is 5.92. The fourth-order valence-electron chi connectivity index (χ4n) is 2.80. The molecule has 152 valence electrons. The molecule has 29 heavy (non-hydrogen) atoms. The van der Waals surface area contributed by atoms with Crippen molar-refractivity contribution < 1.29 is 27.4 Å². The number of rotatable bonds is 5. The minimum absolute atomic E-state index is 0.140. The molecule has 1 aliphatic heterocycles. The zero-order valence-electron chi connectivity index (χ0n) is 15.5. The second kappa shape index (κ2) is 8.16. The number of hydrogen-bond acceptors (Lipinski definition) is 4. The van der Waals surface area contributed by atoms with Crippen molar-refractivity contribution in [3.8, 4) is 11.5 Å². The zero-order valence-corrected chi connectivity index (χ0v) is 16.2. The van der Waals surface area contributed by atoms with Crippen molar-refractivity contribution in [3.05, 3.63) is 58.6 Å². The van der Waals surface area contributed by atoms with Gasteiger partial charge in [-0.15, -0.1) is 0 Å². The monoisotopic (exact) mass is 424 g/mol. The number of alkyl halides is 3. The predicted molar refractivity (Wildman–Crippen MR) is 105 cm³/mol. The molecule has 3 rings (SSSR count). The van der Waals surface area contributed by atoms with E-state index in [2.05, 4.69) is 5.10 Å². The zero-order chi connectivity index (χ0) is 21.2. The van der Waals surface area contributed by atoms with Crippen LogP contribution in [0.2, 0.25) is 5.02 Å². The highest BCUT2D eigenvalue weighted by molar-refractivity contribution is 6.35. The van der Waals surface area contributed by atoms with Crippen LogP contribution in [0.25, 0.3) is 6.08 Å². The molecule has 1 heterocycles. The number of para-hydroxylation sites is 1. The van der Waals surface area contributed by atoms with Gasteiger partial charge in [-0.05, 0) is 42.8 Å². The van der Waals surface area contributed by atoms with Gasteiger partial charge < -0.3 is 9.47 Å². The molecule has 0 aromatic heterocycles. The van der Waals surface area contributed by atoms with E-state index in [0.717, 1.165) is 11.1 Å². The summed E-state index contributed by atoms with van der Waals surface area (Å²) in [6, 6.07) is 10.7. The fourth-order valence-corrected chi connectivity index (χ4v) is 3.09. The summed E-state index contributed by atoms with van der Waals surface area (Å²) < 4.78 is 51.3. The normalized spacial score (nSPS) is 15.7. The molecule has 0 saturated heterocycles. The Morgan fingerprint density at radius 1 is 1.21 bits per heavy atom. The molecule has 9 heteroatoms. The number of carbonyl (C=O) groups is 1. The molecule has 2 aromatic carbocycles. The third kappa shape index (κ3) is 4.22. The molecule has 1 amide bonds. The first-order valence-electron chi connectivity index (χ1n) is 8.54. The Hall–Kier alpha value is -3.00. The van der Waals surface area contributed by atoms with Crippen LogP contribution in [0.5, 0.6) is 11.5 Å². The van der Waals surface area contributed by atoms with Crippen molar-refractivity contribution in [1.82, 2.24) is 0 Å². The van der Waals surface area contributed by atoms with Crippen molar-refractivity contribution >= 4 is 35.0 Å². The number of methoxy groups -OCH3 is 1. The minimum Gasteiger partial charge on any atom is -0.491 e. The molecule has 5 nitrogen and oxygen atoms in total. The number of halogens is 4. The Balaban J connectivity index is 2.10. The van der Waals surface area contributed by atoms with Gasteiger partial charge in [-0.25, -0.2) is 0 Å². The van der Waals surface area contributed by atoms with Crippen LogP contribution in [0.1, 0.15) is 12.5 Å². The number of anilines is 1. The summed E-state index contributed by atoms with van der Waals surface area (Å²) in [4.78, 5) is 12.7. The lowest BCUT2D eigenvalue weighted by molar-refractivity contribution is -0.114. The molecule has 0 bridgehead atoms.